The molecule has 0 atom stereocenters. The van der Waals surface area contributed by atoms with E-state index in [1.807, 2.05) is 0 Å². The molecule has 0 radical (unpaired) electrons. The Morgan fingerprint density at radius 2 is 1.16 bits per heavy atom. The van der Waals surface area contributed by atoms with E-state index in [9.17, 15) is 0 Å². The first-order chi connectivity index (χ1) is 9.17. The molecule has 0 heterocycles. The topological polar surface area (TPSA) is 38.0 Å². The third-order valence-corrected chi connectivity index (χ3v) is 4.08. The van der Waals surface area contributed by atoms with Gasteiger partial charge in [0.05, 0.1) is 0 Å². The lowest BCUT2D eigenvalue weighted by Gasteiger charge is -2.16. The van der Waals surface area contributed by atoms with Crippen LogP contribution >= 0.6 is 31.9 Å². The van der Waals surface area contributed by atoms with Gasteiger partial charge in [-0.05, 0) is 48.2 Å². The highest BCUT2D eigenvalue weighted by molar-refractivity contribution is 9.10. The Bertz CT molecular complexity index is 461. The average Bonchev–Trinajstić information content (AvgIpc) is 2.43. The normalized spacial score (nSPS) is 10.9. The maximum absolute atomic E-state index is 5.66. The van der Waals surface area contributed by atoms with Gasteiger partial charge in [0, 0.05) is 15.0 Å². The van der Waals surface area contributed by atoms with Crippen molar-refractivity contribution in [1.29, 1.82) is 0 Å². The number of hydrogen-bond donors (Lipinski definition) is 2. The summed E-state index contributed by atoms with van der Waals surface area (Å²) in [6, 6.07) is 17.0. The van der Waals surface area contributed by atoms with Gasteiger partial charge in [-0.3, -0.25) is 11.3 Å². The third-order valence-electron chi connectivity index (χ3n) is 3.03. The third kappa shape index (κ3) is 4.73. The zero-order valence-electron chi connectivity index (χ0n) is 10.4. The summed E-state index contributed by atoms with van der Waals surface area (Å²) in [5.74, 6) is 5.66. The van der Waals surface area contributed by atoms with Crippen molar-refractivity contribution < 1.29 is 0 Å². The molecule has 0 unspecified atom stereocenters. The number of nitrogens with one attached hydrogen (secondary N) is 1. The molecule has 100 valence electrons. The van der Waals surface area contributed by atoms with Crippen LogP contribution in [0.3, 0.4) is 0 Å². The van der Waals surface area contributed by atoms with Crippen LogP contribution < -0.4 is 11.3 Å². The average molecular weight is 384 g/mol. The van der Waals surface area contributed by atoms with Crippen LogP contribution in [-0.2, 0) is 12.8 Å². The smallest absolute Gasteiger partial charge is 0.0291 e. The fourth-order valence-corrected chi connectivity index (χ4v) is 2.53. The number of halogens is 2. The van der Waals surface area contributed by atoms with Crippen LogP contribution in [0.25, 0.3) is 0 Å². The number of nitrogens with two attached hydrogens (primary N) is 1. The van der Waals surface area contributed by atoms with Crippen molar-refractivity contribution >= 4 is 31.9 Å². The fourth-order valence-electron chi connectivity index (χ4n) is 2.00. The monoisotopic (exact) mass is 382 g/mol. The molecular formula is C15H16Br2N2. The summed E-state index contributed by atoms with van der Waals surface area (Å²) in [5, 5.41) is 0. The largest absolute Gasteiger partial charge is 0.271 e. The predicted octanol–water partition coefficient (Wildman–Crippen LogP) is 3.83. The molecule has 0 aliphatic rings. The van der Waals surface area contributed by atoms with Gasteiger partial charge in [0.1, 0.15) is 0 Å². The standard InChI is InChI=1S/C15H16Br2N2/c16-13-5-1-11(2-6-13)9-15(19-18)10-12-3-7-14(17)8-4-12/h1-8,15,19H,9-10,18H2. The molecule has 2 nitrogen and oxygen atoms in total. The van der Waals surface area contributed by atoms with Gasteiger partial charge in [-0.15, -0.1) is 0 Å². The van der Waals surface area contributed by atoms with Gasteiger partial charge in [-0.2, -0.15) is 0 Å². The number of hydrazine groups is 1. The van der Waals surface area contributed by atoms with Crippen LogP contribution in [0.15, 0.2) is 57.5 Å². The molecular weight excluding hydrogens is 368 g/mol. The maximum atomic E-state index is 5.66. The molecule has 0 fully saturated rings. The summed E-state index contributed by atoms with van der Waals surface area (Å²) < 4.78 is 2.20. The van der Waals surface area contributed by atoms with E-state index in [2.05, 4.69) is 85.8 Å². The Morgan fingerprint density at radius 3 is 1.47 bits per heavy atom. The molecule has 0 aliphatic heterocycles. The van der Waals surface area contributed by atoms with Crippen molar-refractivity contribution in [2.24, 2.45) is 5.84 Å². The minimum atomic E-state index is 0.238. The molecule has 2 aromatic rings. The van der Waals surface area contributed by atoms with E-state index in [-0.39, 0.29) is 6.04 Å². The highest BCUT2D eigenvalue weighted by Crippen LogP contribution is 2.15. The Labute approximate surface area is 130 Å². The number of hydrogen-bond acceptors (Lipinski definition) is 2. The van der Waals surface area contributed by atoms with Gasteiger partial charge in [0.2, 0.25) is 0 Å². The fraction of sp³-hybridized carbons (Fsp3) is 0.200. The van der Waals surface area contributed by atoms with Crippen molar-refractivity contribution in [2.45, 2.75) is 18.9 Å². The Hall–Kier alpha value is -0.680. The second kappa shape index (κ2) is 7.20. The lowest BCUT2D eigenvalue weighted by Crippen LogP contribution is -2.38. The van der Waals surface area contributed by atoms with Crippen molar-refractivity contribution in [3.63, 3.8) is 0 Å². The van der Waals surface area contributed by atoms with Crippen molar-refractivity contribution in [2.75, 3.05) is 0 Å². The highest BCUT2D eigenvalue weighted by Gasteiger charge is 2.09. The molecule has 19 heavy (non-hydrogen) atoms. The van der Waals surface area contributed by atoms with Crippen LogP contribution in [0.1, 0.15) is 11.1 Å². The molecule has 0 saturated carbocycles. The first-order valence-electron chi connectivity index (χ1n) is 6.12. The zero-order chi connectivity index (χ0) is 13.7. The van der Waals surface area contributed by atoms with Gasteiger partial charge in [-0.25, -0.2) is 0 Å². The molecule has 0 saturated heterocycles. The van der Waals surface area contributed by atoms with Gasteiger partial charge in [0.25, 0.3) is 0 Å². The van der Waals surface area contributed by atoms with Crippen LogP contribution in [0.5, 0.6) is 0 Å². The molecule has 2 rings (SSSR count). The van der Waals surface area contributed by atoms with E-state index in [4.69, 9.17) is 5.84 Å². The minimum absolute atomic E-state index is 0.238. The van der Waals surface area contributed by atoms with E-state index in [0.717, 1.165) is 21.8 Å². The lowest BCUT2D eigenvalue weighted by molar-refractivity contribution is 0.522. The summed E-state index contributed by atoms with van der Waals surface area (Å²) in [6.45, 7) is 0. The molecule has 2 aromatic carbocycles. The summed E-state index contributed by atoms with van der Waals surface area (Å²) in [4.78, 5) is 0. The van der Waals surface area contributed by atoms with E-state index < -0.39 is 0 Å². The first-order valence-corrected chi connectivity index (χ1v) is 7.71. The predicted molar refractivity (Wildman–Crippen MR) is 86.8 cm³/mol. The first kappa shape index (κ1) is 14.7. The van der Waals surface area contributed by atoms with Gasteiger partial charge >= 0.3 is 0 Å². The second-order valence-electron chi connectivity index (χ2n) is 4.52. The number of benzene rings is 2. The van der Waals surface area contributed by atoms with Gasteiger partial charge in [0.15, 0.2) is 0 Å². The van der Waals surface area contributed by atoms with Gasteiger partial charge in [-0.1, -0.05) is 56.1 Å². The summed E-state index contributed by atoms with van der Waals surface area (Å²) in [6.07, 6.45) is 1.83. The summed E-state index contributed by atoms with van der Waals surface area (Å²) in [5.41, 5.74) is 5.47. The molecule has 0 aromatic heterocycles. The van der Waals surface area contributed by atoms with E-state index >= 15 is 0 Å². The quantitative estimate of drug-likeness (QED) is 0.608. The van der Waals surface area contributed by atoms with E-state index in [1.165, 1.54) is 11.1 Å². The maximum Gasteiger partial charge on any atom is 0.0291 e. The Morgan fingerprint density at radius 1 is 0.789 bits per heavy atom. The van der Waals surface area contributed by atoms with E-state index in [1.54, 1.807) is 0 Å². The Kier molecular flexibility index (Phi) is 5.58. The Balaban J connectivity index is 2.00. The number of rotatable bonds is 5. The molecule has 0 spiro atoms. The zero-order valence-corrected chi connectivity index (χ0v) is 13.6. The van der Waals surface area contributed by atoms with Crippen molar-refractivity contribution in [3.8, 4) is 0 Å². The van der Waals surface area contributed by atoms with Crippen molar-refractivity contribution in [1.82, 2.24) is 5.43 Å². The SMILES string of the molecule is NNC(Cc1ccc(Br)cc1)Cc1ccc(Br)cc1. The van der Waals surface area contributed by atoms with E-state index in [0.29, 0.717) is 0 Å². The lowest BCUT2D eigenvalue weighted by atomic mass is 10.00. The van der Waals surface area contributed by atoms with Crippen LogP contribution in [0.4, 0.5) is 0 Å². The molecule has 3 N–H and O–H groups in total. The summed E-state index contributed by atoms with van der Waals surface area (Å²) in [7, 11) is 0. The van der Waals surface area contributed by atoms with Crippen molar-refractivity contribution in [3.05, 3.63) is 68.6 Å². The second-order valence-corrected chi connectivity index (χ2v) is 6.36. The molecule has 4 heteroatoms. The van der Waals surface area contributed by atoms with Crippen LogP contribution in [0, 0.1) is 0 Å². The molecule has 0 aliphatic carbocycles. The minimum Gasteiger partial charge on any atom is -0.271 e. The van der Waals surface area contributed by atoms with Gasteiger partial charge < -0.3 is 0 Å². The van der Waals surface area contributed by atoms with Crippen LogP contribution in [-0.4, -0.2) is 6.04 Å². The van der Waals surface area contributed by atoms with Crippen LogP contribution in [0.2, 0.25) is 0 Å². The molecule has 0 bridgehead atoms. The molecule has 0 amide bonds. The highest BCUT2D eigenvalue weighted by atomic mass is 79.9. The summed E-state index contributed by atoms with van der Waals surface area (Å²) >= 11 is 6.89.